The second-order valence-corrected chi connectivity index (χ2v) is 15.9. The van der Waals surface area contributed by atoms with E-state index >= 15 is 0 Å². The number of thioether (sulfide) groups is 1. The number of β-lactam (4-membered cyclic amide) rings is 1. The van der Waals surface area contributed by atoms with Crippen LogP contribution in [0.4, 0.5) is 5.13 Å². The topological polar surface area (TPSA) is 149 Å². The van der Waals surface area contributed by atoms with E-state index in [0.29, 0.717) is 22.9 Å². The van der Waals surface area contributed by atoms with Crippen LogP contribution in [0.15, 0.2) is 113 Å². The molecule has 0 radical (unpaired) electrons. The number of ether oxygens (including phenoxy) is 2. The molecule has 0 aliphatic carbocycles. The van der Waals surface area contributed by atoms with Gasteiger partial charge in [-0.25, -0.2) is 9.78 Å². The van der Waals surface area contributed by atoms with Crippen molar-refractivity contribution in [3.05, 3.63) is 130 Å². The zero-order valence-electron chi connectivity index (χ0n) is 30.1. The summed E-state index contributed by atoms with van der Waals surface area (Å²) in [4.78, 5) is 64.4. The number of carbonyl (C=O) groups is 4. The number of rotatable bonds is 11. The van der Waals surface area contributed by atoms with Gasteiger partial charge in [0.05, 0.1) is 0 Å². The highest BCUT2D eigenvalue weighted by atomic mass is 32.2. The summed E-state index contributed by atoms with van der Waals surface area (Å²) in [7, 11) is 1.33. The van der Waals surface area contributed by atoms with Crippen LogP contribution in [0.3, 0.4) is 0 Å². The third-order valence-corrected chi connectivity index (χ3v) is 11.3. The van der Waals surface area contributed by atoms with Crippen LogP contribution < -0.4 is 10.6 Å². The molecular formula is C40H39N5O7S2. The van der Waals surface area contributed by atoms with Crippen molar-refractivity contribution >= 4 is 57.7 Å². The summed E-state index contributed by atoms with van der Waals surface area (Å²) in [5.74, 6) is -1.92. The smallest absolute Gasteiger partial charge is 0.355 e. The Labute approximate surface area is 321 Å². The Kier molecular flexibility index (Phi) is 10.3. The molecule has 0 unspecified atom stereocenters. The molecular weight excluding hydrogens is 727 g/mol. The van der Waals surface area contributed by atoms with Crippen molar-refractivity contribution in [2.75, 3.05) is 18.2 Å². The highest BCUT2D eigenvalue weighted by Crippen LogP contribution is 2.44. The van der Waals surface area contributed by atoms with Crippen LogP contribution in [0.25, 0.3) is 0 Å². The molecule has 0 saturated carbocycles. The van der Waals surface area contributed by atoms with E-state index < -0.39 is 46.4 Å². The van der Waals surface area contributed by atoms with Crippen molar-refractivity contribution in [1.82, 2.24) is 15.2 Å². The predicted octanol–water partition coefficient (Wildman–Crippen LogP) is 5.60. The molecule has 4 aromatic rings. The second-order valence-electron chi connectivity index (χ2n) is 13.9. The molecule has 3 aliphatic rings. The highest BCUT2D eigenvalue weighted by Gasteiger charge is 2.56. The lowest BCUT2D eigenvalue weighted by Gasteiger charge is -2.50. The molecule has 3 atom stereocenters. The third-order valence-electron chi connectivity index (χ3n) is 9.21. The minimum Gasteiger partial charge on any atom is -0.458 e. The van der Waals surface area contributed by atoms with Gasteiger partial charge >= 0.3 is 11.9 Å². The quantitative estimate of drug-likeness (QED) is 0.0650. The number of esters is 2. The molecule has 2 amide bonds. The maximum Gasteiger partial charge on any atom is 0.355 e. The number of fused-ring (bicyclic) bond motifs is 1. The Hall–Kier alpha value is -5.47. The number of nitrogens with zero attached hydrogens (tertiary/aromatic N) is 3. The van der Waals surface area contributed by atoms with Crippen molar-refractivity contribution in [1.29, 1.82) is 0 Å². The van der Waals surface area contributed by atoms with E-state index in [1.54, 1.807) is 26.2 Å². The molecule has 4 heterocycles. The summed E-state index contributed by atoms with van der Waals surface area (Å²) in [6.07, 6.45) is -0.0111. The third kappa shape index (κ3) is 7.10. The van der Waals surface area contributed by atoms with Gasteiger partial charge in [-0.15, -0.1) is 23.1 Å². The van der Waals surface area contributed by atoms with Crippen LogP contribution in [0.5, 0.6) is 0 Å². The fraction of sp³-hybridized carbons (Fsp3) is 0.300. The molecule has 3 aromatic carbocycles. The number of nitrogens with one attached hydrogen (secondary N) is 2. The molecule has 7 rings (SSSR count). The number of thiazole rings is 1. The van der Waals surface area contributed by atoms with Gasteiger partial charge in [-0.05, 0) is 43.9 Å². The van der Waals surface area contributed by atoms with Crippen LogP contribution in [-0.2, 0) is 39.0 Å². The number of amides is 2. The fourth-order valence-electron chi connectivity index (χ4n) is 6.86. The number of benzene rings is 3. The first-order valence-electron chi connectivity index (χ1n) is 17.4. The summed E-state index contributed by atoms with van der Waals surface area (Å²) < 4.78 is 11.2. The monoisotopic (exact) mass is 765 g/mol. The number of hydrogen-bond donors (Lipinski definition) is 2. The zero-order chi connectivity index (χ0) is 38.0. The van der Waals surface area contributed by atoms with E-state index in [0.717, 1.165) is 16.7 Å². The molecule has 2 saturated heterocycles. The number of anilines is 1. The Morgan fingerprint density at radius 1 is 0.926 bits per heavy atom. The lowest BCUT2D eigenvalue weighted by atomic mass is 9.77. The lowest BCUT2D eigenvalue weighted by molar-refractivity contribution is -0.159. The first-order chi connectivity index (χ1) is 26.0. The molecule has 0 spiro atoms. The van der Waals surface area contributed by atoms with E-state index in [4.69, 9.17) is 19.3 Å². The van der Waals surface area contributed by atoms with Crippen molar-refractivity contribution in [2.45, 2.75) is 62.3 Å². The summed E-state index contributed by atoms with van der Waals surface area (Å²) in [6, 6.07) is 29.2. The number of oxime groups is 1. The van der Waals surface area contributed by atoms with Crippen molar-refractivity contribution in [2.24, 2.45) is 5.16 Å². The van der Waals surface area contributed by atoms with Gasteiger partial charge in [0.2, 0.25) is 0 Å². The highest BCUT2D eigenvalue weighted by molar-refractivity contribution is 8.00. The molecule has 2 fully saturated rings. The van der Waals surface area contributed by atoms with Gasteiger partial charge in [0.1, 0.15) is 47.2 Å². The summed E-state index contributed by atoms with van der Waals surface area (Å²) >= 11 is 2.66. The Morgan fingerprint density at radius 2 is 1.52 bits per heavy atom. The van der Waals surface area contributed by atoms with E-state index in [9.17, 15) is 19.2 Å². The summed E-state index contributed by atoms with van der Waals surface area (Å²) in [5.41, 5.74) is 1.96. The molecule has 2 N–H and O–H groups in total. The van der Waals surface area contributed by atoms with Crippen molar-refractivity contribution in [3.63, 3.8) is 0 Å². The minimum absolute atomic E-state index is 0.0589. The number of carbonyl (C=O) groups excluding carboxylic acids is 4. The van der Waals surface area contributed by atoms with Gasteiger partial charge in [-0.2, -0.15) is 0 Å². The maximum atomic E-state index is 13.9. The van der Waals surface area contributed by atoms with Gasteiger partial charge in [-0.1, -0.05) is 96.2 Å². The van der Waals surface area contributed by atoms with Gasteiger partial charge in [0.25, 0.3) is 11.8 Å². The molecule has 278 valence electrons. The van der Waals surface area contributed by atoms with Gasteiger partial charge in [0, 0.05) is 23.1 Å². The SMILES string of the molecule is CO/N=C(/C(=O)N[C@@H]1C(=O)N2C(C(=O)OC(C)(C)C)=C([C@@H]3CCC(=O)O3)CS[C@H]12)c1csc(NC(c2ccccc2)(c2ccccc2)c2ccccc2)n1. The number of aromatic nitrogens is 1. The van der Waals surface area contributed by atoms with E-state index in [-0.39, 0.29) is 29.5 Å². The summed E-state index contributed by atoms with van der Waals surface area (Å²) in [6.45, 7) is 5.20. The first-order valence-corrected chi connectivity index (χ1v) is 19.4. The van der Waals surface area contributed by atoms with E-state index in [1.165, 1.54) is 35.1 Å². The molecule has 3 aliphatic heterocycles. The predicted molar refractivity (Wildman–Crippen MR) is 205 cm³/mol. The van der Waals surface area contributed by atoms with E-state index in [2.05, 4.69) is 52.2 Å². The van der Waals surface area contributed by atoms with Gasteiger partial charge in [-0.3, -0.25) is 19.3 Å². The van der Waals surface area contributed by atoms with Gasteiger partial charge < -0.3 is 24.9 Å². The van der Waals surface area contributed by atoms with E-state index in [1.807, 2.05) is 54.6 Å². The molecule has 54 heavy (non-hydrogen) atoms. The summed E-state index contributed by atoms with van der Waals surface area (Å²) in [5, 5.41) is 12.1. The maximum absolute atomic E-state index is 13.9. The Bertz CT molecular complexity index is 2020. The van der Waals surface area contributed by atoms with Crippen molar-refractivity contribution in [3.8, 4) is 0 Å². The van der Waals surface area contributed by atoms with Crippen LogP contribution in [0.1, 0.15) is 56.0 Å². The average Bonchev–Trinajstić information content (AvgIpc) is 3.83. The van der Waals surface area contributed by atoms with Crippen LogP contribution in [0, 0.1) is 0 Å². The lowest BCUT2D eigenvalue weighted by Crippen LogP contribution is -2.71. The van der Waals surface area contributed by atoms with Crippen LogP contribution in [0.2, 0.25) is 0 Å². The fourth-order valence-corrected chi connectivity index (χ4v) is 9.02. The standard InChI is InChI=1S/C40H39N5O7S2/c1-39(2,3)52-37(49)33-27(29-20-21-30(46)51-29)22-53-36-32(35(48)45(33)36)42-34(47)31(44-50-4)28-23-54-38(41-28)43-40(24-14-8-5-9-15-24,25-16-10-6-11-17-25)26-18-12-7-13-19-26/h5-19,23,29,32,36H,20-22H2,1-4H3,(H,41,43)(H,42,47)/b44-31+/t29-,32+,36+/m0/s1. The molecule has 0 bridgehead atoms. The largest absolute Gasteiger partial charge is 0.458 e. The zero-order valence-corrected chi connectivity index (χ0v) is 31.7. The molecule has 1 aromatic heterocycles. The Morgan fingerprint density at radius 3 is 2.04 bits per heavy atom. The Balaban J connectivity index is 1.16. The first kappa shape index (κ1) is 36.9. The van der Waals surface area contributed by atoms with Crippen molar-refractivity contribution < 1.29 is 33.5 Å². The number of hydrogen-bond acceptors (Lipinski definition) is 12. The van der Waals surface area contributed by atoms with Crippen LogP contribution >= 0.6 is 23.1 Å². The minimum atomic E-state index is -0.979. The molecule has 14 heteroatoms. The molecule has 12 nitrogen and oxygen atoms in total. The number of cyclic esters (lactones) is 1. The van der Waals surface area contributed by atoms with Crippen LogP contribution in [-0.4, -0.2) is 75.3 Å². The average molecular weight is 766 g/mol. The normalized spacial score (nSPS) is 20.1. The van der Waals surface area contributed by atoms with Gasteiger partial charge in [0.15, 0.2) is 10.8 Å². The second kappa shape index (κ2) is 15.1.